The van der Waals surface area contributed by atoms with E-state index in [4.69, 9.17) is 5.73 Å². The van der Waals surface area contributed by atoms with Crippen LogP contribution in [0.2, 0.25) is 0 Å². The van der Waals surface area contributed by atoms with Crippen LogP contribution in [-0.2, 0) is 19.3 Å². The summed E-state index contributed by atoms with van der Waals surface area (Å²) in [6.07, 6.45) is 5.32. The van der Waals surface area contributed by atoms with Crippen LogP contribution >= 0.6 is 11.3 Å². The summed E-state index contributed by atoms with van der Waals surface area (Å²) in [4.78, 5) is 20.3. The number of para-hydroxylation sites is 1. The second kappa shape index (κ2) is 6.28. The van der Waals surface area contributed by atoms with Gasteiger partial charge in [0.1, 0.15) is 0 Å². The van der Waals surface area contributed by atoms with Gasteiger partial charge in [-0.3, -0.25) is 4.79 Å². The average molecular weight is 340 g/mol. The lowest BCUT2D eigenvalue weighted by molar-refractivity contribution is 0.0955. The van der Waals surface area contributed by atoms with Crippen LogP contribution < -0.4 is 11.1 Å². The highest BCUT2D eigenvalue weighted by molar-refractivity contribution is 7.13. The van der Waals surface area contributed by atoms with Crippen molar-refractivity contribution in [2.75, 3.05) is 12.3 Å². The van der Waals surface area contributed by atoms with Crippen LogP contribution in [0.5, 0.6) is 0 Å². The number of nitrogens with two attached hydrogens (primary N) is 1. The Morgan fingerprint density at radius 2 is 2.21 bits per heavy atom. The maximum absolute atomic E-state index is 12.6. The number of carbonyl (C=O) groups excluding carboxylic acids is 1. The number of anilines is 1. The van der Waals surface area contributed by atoms with Crippen molar-refractivity contribution >= 4 is 33.3 Å². The predicted octanol–water partition coefficient (Wildman–Crippen LogP) is 3.06. The highest BCUT2D eigenvalue weighted by atomic mass is 32.1. The van der Waals surface area contributed by atoms with Crippen LogP contribution in [0.3, 0.4) is 0 Å². The van der Waals surface area contributed by atoms with E-state index < -0.39 is 0 Å². The maximum atomic E-state index is 12.6. The lowest BCUT2D eigenvalue weighted by Gasteiger charge is -2.10. The lowest BCUT2D eigenvalue weighted by atomic mass is 9.95. The SMILES string of the molecule is Nc1nc(CCNC(=O)c2cccc3c4c([nH]c23)CCCC4)cs1. The third-order valence-electron chi connectivity index (χ3n) is 4.61. The molecule has 2 heterocycles. The Morgan fingerprint density at radius 3 is 3.04 bits per heavy atom. The number of amides is 1. The molecule has 0 bridgehead atoms. The van der Waals surface area contributed by atoms with Crippen LogP contribution in [0.25, 0.3) is 10.9 Å². The van der Waals surface area contributed by atoms with Gasteiger partial charge >= 0.3 is 0 Å². The van der Waals surface area contributed by atoms with Crippen LogP contribution in [0.4, 0.5) is 5.13 Å². The highest BCUT2D eigenvalue weighted by Crippen LogP contribution is 2.30. The number of aromatic amines is 1. The van der Waals surface area contributed by atoms with Crippen LogP contribution in [0, 0.1) is 0 Å². The molecule has 1 amide bonds. The fourth-order valence-electron chi connectivity index (χ4n) is 3.46. The molecule has 0 saturated heterocycles. The Hall–Kier alpha value is -2.34. The molecule has 124 valence electrons. The Labute approximate surface area is 144 Å². The second-order valence-corrected chi connectivity index (χ2v) is 7.09. The quantitative estimate of drug-likeness (QED) is 0.682. The Bertz CT molecular complexity index is 896. The minimum Gasteiger partial charge on any atom is -0.375 e. The minimum absolute atomic E-state index is 0.0394. The number of rotatable bonds is 4. The van der Waals surface area contributed by atoms with Crippen molar-refractivity contribution in [1.29, 1.82) is 0 Å². The van der Waals surface area contributed by atoms with Crippen LogP contribution in [0.1, 0.15) is 40.2 Å². The first-order valence-electron chi connectivity index (χ1n) is 8.33. The van der Waals surface area contributed by atoms with Gasteiger partial charge in [-0.2, -0.15) is 0 Å². The smallest absolute Gasteiger partial charge is 0.253 e. The summed E-state index contributed by atoms with van der Waals surface area (Å²) in [6.45, 7) is 0.554. The van der Waals surface area contributed by atoms with Gasteiger partial charge in [0.2, 0.25) is 0 Å². The van der Waals surface area contributed by atoms with E-state index in [0.29, 0.717) is 18.1 Å². The zero-order valence-electron chi connectivity index (χ0n) is 13.4. The first-order chi connectivity index (χ1) is 11.7. The fourth-order valence-corrected chi connectivity index (χ4v) is 4.05. The van der Waals surface area contributed by atoms with Gasteiger partial charge in [0, 0.05) is 29.4 Å². The van der Waals surface area contributed by atoms with Gasteiger partial charge in [-0.05, 0) is 37.3 Å². The van der Waals surface area contributed by atoms with Crippen molar-refractivity contribution in [3.8, 4) is 0 Å². The Morgan fingerprint density at radius 1 is 1.33 bits per heavy atom. The number of nitrogen functional groups attached to an aromatic ring is 1. The lowest BCUT2D eigenvalue weighted by Crippen LogP contribution is -2.26. The zero-order valence-corrected chi connectivity index (χ0v) is 14.2. The molecule has 24 heavy (non-hydrogen) atoms. The number of benzene rings is 1. The molecule has 0 aliphatic heterocycles. The Kier molecular flexibility index (Phi) is 3.98. The van der Waals surface area contributed by atoms with E-state index in [2.05, 4.69) is 21.4 Å². The summed E-state index contributed by atoms with van der Waals surface area (Å²) in [5.41, 5.74) is 10.9. The number of nitrogens with one attached hydrogen (secondary N) is 2. The molecule has 1 aliphatic carbocycles. The van der Waals surface area contributed by atoms with E-state index in [9.17, 15) is 4.79 Å². The molecule has 4 rings (SSSR count). The van der Waals surface area contributed by atoms with E-state index in [0.717, 1.165) is 29.6 Å². The second-order valence-electron chi connectivity index (χ2n) is 6.20. The molecular formula is C18H20N4OS. The Balaban J connectivity index is 1.52. The third-order valence-corrected chi connectivity index (χ3v) is 5.34. The number of fused-ring (bicyclic) bond motifs is 3. The van der Waals surface area contributed by atoms with Gasteiger partial charge in [0.05, 0.1) is 16.8 Å². The van der Waals surface area contributed by atoms with Crippen molar-refractivity contribution < 1.29 is 4.79 Å². The number of H-pyrrole nitrogens is 1. The van der Waals surface area contributed by atoms with Crippen LogP contribution in [0.15, 0.2) is 23.6 Å². The summed E-state index contributed by atoms with van der Waals surface area (Å²) in [5, 5.41) is 6.69. The van der Waals surface area contributed by atoms with Crippen LogP contribution in [-0.4, -0.2) is 22.4 Å². The third kappa shape index (κ3) is 2.78. The summed E-state index contributed by atoms with van der Waals surface area (Å²) in [5.74, 6) is -0.0394. The van der Waals surface area contributed by atoms with E-state index in [1.54, 1.807) is 0 Å². The van der Waals surface area contributed by atoms with Gasteiger partial charge in [-0.15, -0.1) is 11.3 Å². The molecule has 0 spiro atoms. The highest BCUT2D eigenvalue weighted by Gasteiger charge is 2.19. The van der Waals surface area contributed by atoms with Crippen molar-refractivity contribution in [3.63, 3.8) is 0 Å². The number of carbonyl (C=O) groups is 1. The van der Waals surface area contributed by atoms with Gasteiger partial charge < -0.3 is 16.0 Å². The predicted molar refractivity (Wildman–Crippen MR) is 97.5 cm³/mol. The average Bonchev–Trinajstić information content (AvgIpc) is 3.17. The number of hydrogen-bond acceptors (Lipinski definition) is 4. The number of hydrogen-bond donors (Lipinski definition) is 3. The largest absolute Gasteiger partial charge is 0.375 e. The molecule has 6 heteroatoms. The van der Waals surface area contributed by atoms with Crippen molar-refractivity contribution in [2.24, 2.45) is 0 Å². The molecule has 0 unspecified atom stereocenters. The molecule has 2 aromatic heterocycles. The maximum Gasteiger partial charge on any atom is 0.253 e. The number of aromatic nitrogens is 2. The van der Waals surface area contributed by atoms with E-state index >= 15 is 0 Å². The van der Waals surface area contributed by atoms with Gasteiger partial charge in [-0.1, -0.05) is 12.1 Å². The van der Waals surface area contributed by atoms with Gasteiger partial charge in [-0.25, -0.2) is 4.98 Å². The summed E-state index contributed by atoms with van der Waals surface area (Å²) < 4.78 is 0. The summed E-state index contributed by atoms with van der Waals surface area (Å²) in [6, 6.07) is 5.98. The molecule has 4 N–H and O–H groups in total. The van der Waals surface area contributed by atoms with E-state index in [1.807, 2.05) is 17.5 Å². The topological polar surface area (TPSA) is 83.8 Å². The first-order valence-corrected chi connectivity index (χ1v) is 9.21. The van der Waals surface area contributed by atoms with E-state index in [1.165, 1.54) is 40.8 Å². The van der Waals surface area contributed by atoms with Crippen molar-refractivity contribution in [2.45, 2.75) is 32.1 Å². The molecule has 0 atom stereocenters. The van der Waals surface area contributed by atoms with E-state index in [-0.39, 0.29) is 5.91 Å². The van der Waals surface area contributed by atoms with Gasteiger partial charge in [0.15, 0.2) is 5.13 Å². The molecule has 5 nitrogen and oxygen atoms in total. The van der Waals surface area contributed by atoms with Crippen molar-refractivity contribution in [3.05, 3.63) is 46.1 Å². The standard InChI is InChI=1S/C18H20N4OS/c19-18-21-11(10-24-18)8-9-20-17(23)14-6-3-5-13-12-4-1-2-7-15(12)22-16(13)14/h3,5-6,10,22H,1-2,4,7-9H2,(H2,19,21)(H,20,23). The monoisotopic (exact) mass is 340 g/mol. The minimum atomic E-state index is -0.0394. The molecule has 1 aliphatic rings. The molecule has 1 aromatic carbocycles. The summed E-state index contributed by atoms with van der Waals surface area (Å²) in [7, 11) is 0. The normalized spacial score (nSPS) is 13.8. The number of aryl methyl sites for hydroxylation is 2. The van der Waals surface area contributed by atoms with Gasteiger partial charge in [0.25, 0.3) is 5.91 Å². The summed E-state index contributed by atoms with van der Waals surface area (Å²) >= 11 is 1.43. The molecule has 0 fully saturated rings. The molecular weight excluding hydrogens is 320 g/mol. The number of nitrogens with zero attached hydrogens (tertiary/aromatic N) is 1. The van der Waals surface area contributed by atoms with Crippen molar-refractivity contribution in [1.82, 2.24) is 15.3 Å². The first kappa shape index (κ1) is 15.2. The number of thiazole rings is 1. The molecule has 0 radical (unpaired) electrons. The fraction of sp³-hybridized carbons (Fsp3) is 0.333. The molecule has 0 saturated carbocycles. The zero-order chi connectivity index (χ0) is 16.5. The molecule has 3 aromatic rings.